The highest BCUT2D eigenvalue weighted by molar-refractivity contribution is 5.97. The van der Waals surface area contributed by atoms with E-state index in [-0.39, 0.29) is 23.7 Å². The van der Waals surface area contributed by atoms with E-state index in [0.29, 0.717) is 5.56 Å². The first-order valence-electron chi connectivity index (χ1n) is 7.83. The largest absolute Gasteiger partial charge is 0.294 e. The summed E-state index contributed by atoms with van der Waals surface area (Å²) in [7, 11) is 0. The van der Waals surface area contributed by atoms with E-state index in [9.17, 15) is 14.9 Å². The van der Waals surface area contributed by atoms with Crippen LogP contribution in [0.3, 0.4) is 0 Å². The predicted molar refractivity (Wildman–Crippen MR) is 93.9 cm³/mol. The van der Waals surface area contributed by atoms with Crippen molar-refractivity contribution in [2.24, 2.45) is 0 Å². The second-order valence-corrected chi connectivity index (χ2v) is 5.77. The van der Waals surface area contributed by atoms with Gasteiger partial charge in [-0.2, -0.15) is 0 Å². The van der Waals surface area contributed by atoms with Gasteiger partial charge in [0.1, 0.15) is 0 Å². The van der Waals surface area contributed by atoms with Crippen LogP contribution in [0.15, 0.2) is 72.8 Å². The molecule has 0 fully saturated rings. The zero-order valence-corrected chi connectivity index (χ0v) is 13.1. The first-order valence-corrected chi connectivity index (χ1v) is 7.83. The van der Waals surface area contributed by atoms with E-state index < -0.39 is 5.92 Å². The van der Waals surface area contributed by atoms with Crippen LogP contribution in [0.2, 0.25) is 0 Å². The summed E-state index contributed by atoms with van der Waals surface area (Å²) in [6, 6.07) is 22.4. The van der Waals surface area contributed by atoms with Gasteiger partial charge in [0.25, 0.3) is 0 Å². The van der Waals surface area contributed by atoms with Gasteiger partial charge in [0, 0.05) is 16.9 Å². The SMILES string of the molecule is O=C(CC(C[N+](=O)[O-])c1cccc2ccccc12)c1ccccc1. The average molecular weight is 319 g/mol. The lowest BCUT2D eigenvalue weighted by atomic mass is 9.88. The summed E-state index contributed by atoms with van der Waals surface area (Å²) in [5.74, 6) is -0.519. The van der Waals surface area contributed by atoms with Crippen molar-refractivity contribution in [1.82, 2.24) is 0 Å². The summed E-state index contributed by atoms with van der Waals surface area (Å²) < 4.78 is 0. The number of nitro groups is 1. The van der Waals surface area contributed by atoms with Gasteiger partial charge in [-0.15, -0.1) is 0 Å². The Labute approximate surface area is 139 Å². The van der Waals surface area contributed by atoms with Crippen LogP contribution in [0.1, 0.15) is 28.3 Å². The van der Waals surface area contributed by atoms with Gasteiger partial charge >= 0.3 is 0 Å². The first-order chi connectivity index (χ1) is 11.6. The lowest BCUT2D eigenvalue weighted by Crippen LogP contribution is -2.17. The van der Waals surface area contributed by atoms with E-state index in [1.807, 2.05) is 48.5 Å². The molecule has 3 rings (SSSR count). The molecule has 0 saturated carbocycles. The van der Waals surface area contributed by atoms with Gasteiger partial charge in [-0.25, -0.2) is 0 Å². The topological polar surface area (TPSA) is 60.2 Å². The Hall–Kier alpha value is -3.01. The molecular weight excluding hydrogens is 302 g/mol. The van der Waals surface area contributed by atoms with Gasteiger partial charge < -0.3 is 0 Å². The van der Waals surface area contributed by atoms with Crippen molar-refractivity contribution in [3.05, 3.63) is 94.0 Å². The molecule has 0 aromatic heterocycles. The van der Waals surface area contributed by atoms with Crippen LogP contribution in [0.4, 0.5) is 0 Å². The molecule has 3 aromatic rings. The van der Waals surface area contributed by atoms with Crippen molar-refractivity contribution < 1.29 is 9.72 Å². The summed E-state index contributed by atoms with van der Waals surface area (Å²) in [4.78, 5) is 23.3. The van der Waals surface area contributed by atoms with Gasteiger partial charge in [-0.3, -0.25) is 14.9 Å². The molecule has 0 spiro atoms. The van der Waals surface area contributed by atoms with E-state index in [0.717, 1.165) is 16.3 Å². The Bertz CT molecular complexity index is 869. The third kappa shape index (κ3) is 3.49. The fourth-order valence-electron chi connectivity index (χ4n) is 3.02. The number of carbonyl (C=O) groups is 1. The molecule has 0 bridgehead atoms. The Morgan fingerprint density at radius 2 is 1.58 bits per heavy atom. The molecule has 0 amide bonds. The lowest BCUT2D eigenvalue weighted by Gasteiger charge is -2.15. The number of fused-ring (bicyclic) bond motifs is 1. The van der Waals surface area contributed by atoms with E-state index in [4.69, 9.17) is 0 Å². The molecule has 120 valence electrons. The fourth-order valence-corrected chi connectivity index (χ4v) is 3.02. The highest BCUT2D eigenvalue weighted by Gasteiger charge is 2.23. The molecule has 0 heterocycles. The molecule has 4 nitrogen and oxygen atoms in total. The first kappa shape index (κ1) is 15.9. The maximum atomic E-state index is 12.5. The Morgan fingerprint density at radius 1 is 0.917 bits per heavy atom. The maximum Gasteiger partial charge on any atom is 0.211 e. The molecule has 0 radical (unpaired) electrons. The maximum absolute atomic E-state index is 12.5. The molecule has 1 atom stereocenters. The third-order valence-corrected chi connectivity index (χ3v) is 4.16. The van der Waals surface area contributed by atoms with Crippen molar-refractivity contribution in [2.75, 3.05) is 6.54 Å². The number of hydrogen-bond donors (Lipinski definition) is 0. The third-order valence-electron chi connectivity index (χ3n) is 4.16. The van der Waals surface area contributed by atoms with Gasteiger partial charge in [0.15, 0.2) is 5.78 Å². The molecule has 1 unspecified atom stereocenters. The molecule has 3 aromatic carbocycles. The summed E-state index contributed by atoms with van der Waals surface area (Å²) in [6.45, 7) is -0.257. The molecule has 0 aliphatic rings. The highest BCUT2D eigenvalue weighted by atomic mass is 16.6. The predicted octanol–water partition coefficient (Wildman–Crippen LogP) is 4.47. The highest BCUT2D eigenvalue weighted by Crippen LogP contribution is 2.29. The quantitative estimate of drug-likeness (QED) is 0.382. The molecule has 0 aliphatic carbocycles. The second-order valence-electron chi connectivity index (χ2n) is 5.77. The van der Waals surface area contributed by atoms with Gasteiger partial charge in [-0.1, -0.05) is 72.8 Å². The van der Waals surface area contributed by atoms with Gasteiger partial charge in [-0.05, 0) is 16.3 Å². The van der Waals surface area contributed by atoms with Crippen LogP contribution >= 0.6 is 0 Å². The smallest absolute Gasteiger partial charge is 0.211 e. The molecule has 0 aliphatic heterocycles. The number of benzene rings is 3. The normalized spacial score (nSPS) is 12.0. The number of rotatable bonds is 6. The fraction of sp³-hybridized carbons (Fsp3) is 0.150. The van der Waals surface area contributed by atoms with Crippen molar-refractivity contribution in [3.63, 3.8) is 0 Å². The van der Waals surface area contributed by atoms with Crippen LogP contribution in [0.25, 0.3) is 10.8 Å². The van der Waals surface area contributed by atoms with E-state index in [2.05, 4.69) is 0 Å². The number of nitrogens with zero attached hydrogens (tertiary/aromatic N) is 1. The Morgan fingerprint density at radius 3 is 2.33 bits per heavy atom. The monoisotopic (exact) mass is 319 g/mol. The van der Waals surface area contributed by atoms with Crippen LogP contribution < -0.4 is 0 Å². The summed E-state index contributed by atoms with van der Waals surface area (Å²) in [5.41, 5.74) is 1.44. The van der Waals surface area contributed by atoms with E-state index in [1.54, 1.807) is 24.3 Å². The zero-order chi connectivity index (χ0) is 16.9. The van der Waals surface area contributed by atoms with Gasteiger partial charge in [0.2, 0.25) is 6.54 Å². The number of carbonyl (C=O) groups excluding carboxylic acids is 1. The molecule has 0 saturated heterocycles. The minimum absolute atomic E-state index is 0.0737. The van der Waals surface area contributed by atoms with Crippen molar-refractivity contribution in [2.45, 2.75) is 12.3 Å². The average Bonchev–Trinajstić information content (AvgIpc) is 2.61. The summed E-state index contributed by atoms with van der Waals surface area (Å²) >= 11 is 0. The van der Waals surface area contributed by atoms with Crippen LogP contribution in [0.5, 0.6) is 0 Å². The zero-order valence-electron chi connectivity index (χ0n) is 13.1. The lowest BCUT2D eigenvalue weighted by molar-refractivity contribution is -0.483. The van der Waals surface area contributed by atoms with Crippen LogP contribution in [0, 0.1) is 10.1 Å². The van der Waals surface area contributed by atoms with Crippen LogP contribution in [-0.4, -0.2) is 17.3 Å². The van der Waals surface area contributed by atoms with Crippen molar-refractivity contribution in [3.8, 4) is 0 Å². The van der Waals surface area contributed by atoms with E-state index in [1.165, 1.54) is 0 Å². The second kappa shape index (κ2) is 7.04. The Kier molecular flexibility index (Phi) is 4.66. The standard InChI is InChI=1S/C20H17NO3/c22-20(16-8-2-1-3-9-16)13-17(14-21(23)24)19-12-6-10-15-7-4-5-11-18(15)19/h1-12,17H,13-14H2. The van der Waals surface area contributed by atoms with Crippen molar-refractivity contribution in [1.29, 1.82) is 0 Å². The van der Waals surface area contributed by atoms with Gasteiger partial charge in [0.05, 0.1) is 5.92 Å². The van der Waals surface area contributed by atoms with Crippen molar-refractivity contribution >= 4 is 16.6 Å². The number of hydrogen-bond acceptors (Lipinski definition) is 3. The minimum atomic E-state index is -0.446. The van der Waals surface area contributed by atoms with E-state index >= 15 is 0 Å². The number of ketones is 1. The molecule has 4 heteroatoms. The summed E-state index contributed by atoms with van der Waals surface area (Å²) in [6.07, 6.45) is 0.124. The molecular formula is C20H17NO3. The summed E-state index contributed by atoms with van der Waals surface area (Å²) in [5, 5.41) is 13.1. The minimum Gasteiger partial charge on any atom is -0.294 e. The molecule has 0 N–H and O–H groups in total. The number of Topliss-reactive ketones (excluding diaryl/α,β-unsaturated/α-hetero) is 1. The van der Waals surface area contributed by atoms with Crippen LogP contribution in [-0.2, 0) is 0 Å². The Balaban J connectivity index is 1.97. The molecule has 24 heavy (non-hydrogen) atoms.